The minimum Gasteiger partial charge on any atom is -0.394 e. The highest BCUT2D eigenvalue weighted by molar-refractivity contribution is 7.99. The summed E-state index contributed by atoms with van der Waals surface area (Å²) in [5, 5.41) is 23.6. The van der Waals surface area contributed by atoms with Gasteiger partial charge in [0.15, 0.2) is 0 Å². The average Bonchev–Trinajstić information content (AvgIpc) is 2.95. The summed E-state index contributed by atoms with van der Waals surface area (Å²) in [6.45, 7) is 1.58. The lowest BCUT2D eigenvalue weighted by Crippen LogP contribution is -2.36. The summed E-state index contributed by atoms with van der Waals surface area (Å²) in [6.07, 6.45) is 3.44. The number of aromatic nitrogens is 1. The topological polar surface area (TPSA) is 138 Å². The predicted octanol–water partition coefficient (Wildman–Crippen LogP) is 1.39. The molecule has 1 aromatic rings. The van der Waals surface area contributed by atoms with Gasteiger partial charge in [-0.05, 0) is 23.7 Å². The van der Waals surface area contributed by atoms with Gasteiger partial charge in [0, 0.05) is 6.54 Å². The van der Waals surface area contributed by atoms with Gasteiger partial charge in [0.2, 0.25) is 0 Å². The second-order valence-electron chi connectivity index (χ2n) is 5.14. The Morgan fingerprint density at radius 2 is 2.12 bits per heavy atom. The highest BCUT2D eigenvalue weighted by Crippen LogP contribution is 2.32. The molecule has 0 spiro atoms. The molecule has 0 saturated carbocycles. The summed E-state index contributed by atoms with van der Waals surface area (Å²) >= 11 is 2.43. The minimum absolute atomic E-state index is 0.105. The second kappa shape index (κ2) is 11.2. The molecule has 1 unspecified atom stereocenters. The van der Waals surface area contributed by atoms with E-state index in [4.69, 9.17) is 10.8 Å². The number of anilines is 1. The van der Waals surface area contributed by atoms with Gasteiger partial charge in [-0.1, -0.05) is 26.2 Å². The summed E-state index contributed by atoms with van der Waals surface area (Å²) in [5.74, 6) is 0.184. The van der Waals surface area contributed by atoms with Crippen LogP contribution >= 0.6 is 23.3 Å². The van der Waals surface area contributed by atoms with Crippen molar-refractivity contribution in [2.45, 2.75) is 43.7 Å². The molecule has 1 atom stereocenters. The van der Waals surface area contributed by atoms with Crippen LogP contribution in [0.5, 0.6) is 0 Å². The van der Waals surface area contributed by atoms with Crippen molar-refractivity contribution < 1.29 is 19.8 Å². The van der Waals surface area contributed by atoms with Crippen LogP contribution in [0.3, 0.4) is 0 Å². The van der Waals surface area contributed by atoms with E-state index in [1.54, 1.807) is 0 Å². The lowest BCUT2D eigenvalue weighted by Gasteiger charge is -2.09. The number of hydrogen-bond acceptors (Lipinski definition) is 7. The second-order valence-corrected chi connectivity index (χ2v) is 6.99. The number of hydrogen-bond donors (Lipinski definition) is 5. The molecule has 6 N–H and O–H groups in total. The quantitative estimate of drug-likeness (QED) is 0.292. The Morgan fingerprint density at radius 1 is 1.38 bits per heavy atom. The van der Waals surface area contributed by atoms with Crippen LogP contribution in [0.25, 0.3) is 0 Å². The van der Waals surface area contributed by atoms with Crippen molar-refractivity contribution in [1.29, 1.82) is 0 Å². The minimum atomic E-state index is -1.04. The number of primary amides is 1. The Balaban J connectivity index is 2.61. The normalized spacial score (nSPS) is 12.0. The standard InChI is InChI=1S/C14H24N4O4S2/c1-2-3-4-5-6-23-13-10(11(15)21)12(24-18-13)17-14(22)16-7-9(20)8-19/h9,19-20H,2-8H2,1H3,(H2,15,21)(H2,16,17,22). The first kappa shape index (κ1) is 20.7. The van der Waals surface area contributed by atoms with Gasteiger partial charge < -0.3 is 21.3 Å². The van der Waals surface area contributed by atoms with Crippen molar-refractivity contribution in [3.05, 3.63) is 5.56 Å². The van der Waals surface area contributed by atoms with E-state index in [1.807, 2.05) is 0 Å². The van der Waals surface area contributed by atoms with Crippen molar-refractivity contribution in [2.75, 3.05) is 24.2 Å². The maximum absolute atomic E-state index is 11.8. The summed E-state index contributed by atoms with van der Waals surface area (Å²) in [6, 6.07) is -0.604. The van der Waals surface area contributed by atoms with Crippen LogP contribution in [0.4, 0.5) is 9.80 Å². The predicted molar refractivity (Wildman–Crippen MR) is 95.6 cm³/mol. The van der Waals surface area contributed by atoms with Gasteiger partial charge in [-0.3, -0.25) is 10.1 Å². The van der Waals surface area contributed by atoms with E-state index in [9.17, 15) is 14.7 Å². The number of thioether (sulfide) groups is 1. The lowest BCUT2D eigenvalue weighted by atomic mass is 10.2. The number of nitrogens with one attached hydrogen (secondary N) is 2. The molecule has 1 heterocycles. The molecule has 0 fully saturated rings. The zero-order chi connectivity index (χ0) is 17.9. The molecule has 0 saturated heterocycles. The summed E-state index contributed by atoms with van der Waals surface area (Å²) in [4.78, 5) is 23.4. The van der Waals surface area contributed by atoms with Gasteiger partial charge in [-0.15, -0.1) is 11.8 Å². The number of urea groups is 1. The molecule has 10 heteroatoms. The van der Waals surface area contributed by atoms with Crippen LogP contribution in [0.15, 0.2) is 5.03 Å². The Kier molecular flexibility index (Phi) is 9.69. The van der Waals surface area contributed by atoms with Crippen molar-refractivity contribution in [2.24, 2.45) is 5.73 Å². The number of unbranched alkanes of at least 4 members (excludes halogenated alkanes) is 3. The number of nitrogens with zero attached hydrogens (tertiary/aromatic N) is 1. The van der Waals surface area contributed by atoms with Crippen LogP contribution < -0.4 is 16.4 Å². The molecule has 0 radical (unpaired) electrons. The lowest BCUT2D eigenvalue weighted by molar-refractivity contribution is 0.0964. The van der Waals surface area contributed by atoms with E-state index in [0.717, 1.165) is 36.5 Å². The molecule has 0 bridgehead atoms. The molecule has 0 aromatic carbocycles. The van der Waals surface area contributed by atoms with Crippen LogP contribution in [0.1, 0.15) is 43.0 Å². The van der Waals surface area contributed by atoms with Gasteiger partial charge in [-0.25, -0.2) is 4.79 Å². The molecule has 136 valence electrons. The van der Waals surface area contributed by atoms with Gasteiger partial charge in [0.05, 0.1) is 12.7 Å². The third-order valence-corrected chi connectivity index (χ3v) is 5.02. The van der Waals surface area contributed by atoms with Crippen molar-refractivity contribution in [3.8, 4) is 0 Å². The third kappa shape index (κ3) is 7.04. The number of aliphatic hydroxyl groups is 2. The highest BCUT2D eigenvalue weighted by atomic mass is 32.2. The molecule has 3 amide bonds. The fourth-order valence-electron chi connectivity index (χ4n) is 1.80. The third-order valence-electron chi connectivity index (χ3n) is 3.08. The summed E-state index contributed by atoms with van der Waals surface area (Å²) in [7, 11) is 0. The molecular weight excluding hydrogens is 352 g/mol. The number of aliphatic hydroxyl groups excluding tert-OH is 2. The first-order chi connectivity index (χ1) is 11.5. The van der Waals surface area contributed by atoms with Crippen molar-refractivity contribution in [3.63, 3.8) is 0 Å². The molecule has 24 heavy (non-hydrogen) atoms. The first-order valence-corrected chi connectivity index (χ1v) is 9.51. The van der Waals surface area contributed by atoms with Gasteiger partial charge in [-0.2, -0.15) is 4.37 Å². The molecule has 0 aliphatic carbocycles. The highest BCUT2D eigenvalue weighted by Gasteiger charge is 2.20. The average molecular weight is 377 g/mol. The van der Waals surface area contributed by atoms with Crippen LogP contribution in [-0.4, -0.2) is 51.5 Å². The summed E-state index contributed by atoms with van der Waals surface area (Å²) in [5.41, 5.74) is 5.61. The molecule has 0 aliphatic heterocycles. The largest absolute Gasteiger partial charge is 0.394 e. The van der Waals surface area contributed by atoms with Gasteiger partial charge in [0.25, 0.3) is 5.91 Å². The van der Waals surface area contributed by atoms with E-state index < -0.39 is 24.6 Å². The molecular formula is C14H24N4O4S2. The van der Waals surface area contributed by atoms with E-state index >= 15 is 0 Å². The Morgan fingerprint density at radius 3 is 2.75 bits per heavy atom. The Labute approximate surface area is 149 Å². The van der Waals surface area contributed by atoms with E-state index in [-0.39, 0.29) is 17.1 Å². The molecule has 1 aromatic heterocycles. The zero-order valence-corrected chi connectivity index (χ0v) is 15.2. The maximum atomic E-state index is 11.8. The fraction of sp³-hybridized carbons (Fsp3) is 0.643. The number of carbonyl (C=O) groups is 2. The number of amides is 3. The SMILES string of the molecule is CCCCCCSc1nsc(NC(=O)NCC(O)CO)c1C(N)=O. The van der Waals surface area contributed by atoms with Crippen LogP contribution in [-0.2, 0) is 0 Å². The van der Waals surface area contributed by atoms with Gasteiger partial charge >= 0.3 is 6.03 Å². The Hall–Kier alpha value is -1.36. The first-order valence-electron chi connectivity index (χ1n) is 7.75. The zero-order valence-electron chi connectivity index (χ0n) is 13.6. The van der Waals surface area contributed by atoms with Crippen LogP contribution in [0, 0.1) is 0 Å². The maximum Gasteiger partial charge on any atom is 0.320 e. The van der Waals surface area contributed by atoms with E-state index in [2.05, 4.69) is 21.9 Å². The van der Waals surface area contributed by atoms with Crippen molar-refractivity contribution in [1.82, 2.24) is 9.69 Å². The van der Waals surface area contributed by atoms with Crippen LogP contribution in [0.2, 0.25) is 0 Å². The summed E-state index contributed by atoms with van der Waals surface area (Å²) < 4.78 is 4.19. The molecule has 0 aliphatic rings. The smallest absolute Gasteiger partial charge is 0.320 e. The van der Waals surface area contributed by atoms with E-state index in [0.29, 0.717) is 5.03 Å². The monoisotopic (exact) mass is 376 g/mol. The molecule has 1 rings (SSSR count). The number of nitrogens with two attached hydrogens (primary N) is 1. The fourth-order valence-corrected chi connectivity index (χ4v) is 3.77. The number of carbonyl (C=O) groups excluding carboxylic acids is 2. The Bertz CT molecular complexity index is 539. The molecule has 8 nitrogen and oxygen atoms in total. The van der Waals surface area contributed by atoms with Crippen molar-refractivity contribution >= 4 is 40.2 Å². The number of rotatable bonds is 11. The van der Waals surface area contributed by atoms with E-state index in [1.165, 1.54) is 18.2 Å². The van der Waals surface area contributed by atoms with Gasteiger partial charge in [0.1, 0.15) is 15.6 Å².